The fourth-order valence-corrected chi connectivity index (χ4v) is 3.80. The lowest BCUT2D eigenvalue weighted by atomic mass is 9.87. The lowest BCUT2D eigenvalue weighted by molar-refractivity contribution is 0.0832. The van der Waals surface area contributed by atoms with E-state index in [9.17, 15) is 10.2 Å². The van der Waals surface area contributed by atoms with Crippen LogP contribution in [0, 0.1) is 0 Å². The molecule has 2 aromatic carbocycles. The molecular formula is C19H21NO5. The van der Waals surface area contributed by atoms with E-state index in [4.69, 9.17) is 14.2 Å². The summed E-state index contributed by atoms with van der Waals surface area (Å²) in [4.78, 5) is 2.09. The standard InChI is InChI=1S/C19H21NO5/c1-20-9-14(22)11-4-5-13(21)19-18(11)12(20)6-10-7-16(23-2)17(24-3)8-15(10)25-19/h4-5,7-8,12,14,21-22H,6,9H2,1-3H3. The average molecular weight is 343 g/mol. The highest BCUT2D eigenvalue weighted by molar-refractivity contribution is 5.60. The van der Waals surface area contributed by atoms with Gasteiger partial charge >= 0.3 is 0 Å². The summed E-state index contributed by atoms with van der Waals surface area (Å²) in [6, 6.07) is 7.04. The Bertz CT molecular complexity index is 835. The molecule has 0 aromatic heterocycles. The number of fused-ring (bicyclic) bond motifs is 1. The maximum absolute atomic E-state index is 10.4. The van der Waals surface area contributed by atoms with Crippen molar-refractivity contribution in [2.24, 2.45) is 0 Å². The topological polar surface area (TPSA) is 71.4 Å². The smallest absolute Gasteiger partial charge is 0.174 e. The Morgan fingerprint density at radius 2 is 1.88 bits per heavy atom. The van der Waals surface area contributed by atoms with Crippen LogP contribution in [-0.4, -0.2) is 42.9 Å². The van der Waals surface area contributed by atoms with E-state index in [2.05, 4.69) is 4.90 Å². The number of ether oxygens (including phenoxy) is 3. The summed E-state index contributed by atoms with van der Waals surface area (Å²) in [6.07, 6.45) is 0.0759. The third-order valence-electron chi connectivity index (χ3n) is 5.09. The second kappa shape index (κ2) is 5.82. The number of hydrogen-bond donors (Lipinski definition) is 2. The number of aromatic hydroxyl groups is 1. The highest BCUT2D eigenvalue weighted by atomic mass is 16.5. The van der Waals surface area contributed by atoms with Crippen molar-refractivity contribution in [1.82, 2.24) is 4.90 Å². The Hall–Kier alpha value is -2.44. The number of nitrogens with zero attached hydrogens (tertiary/aromatic N) is 1. The van der Waals surface area contributed by atoms with Crippen molar-refractivity contribution in [2.75, 3.05) is 27.8 Å². The minimum atomic E-state index is -0.607. The molecular weight excluding hydrogens is 322 g/mol. The van der Waals surface area contributed by atoms with Crippen molar-refractivity contribution < 1.29 is 24.4 Å². The van der Waals surface area contributed by atoms with Crippen molar-refractivity contribution in [2.45, 2.75) is 18.6 Å². The van der Waals surface area contributed by atoms with Gasteiger partial charge in [0.1, 0.15) is 5.75 Å². The number of phenolic OH excluding ortho intramolecular Hbond substituents is 1. The number of phenols is 1. The molecule has 0 radical (unpaired) electrons. The summed E-state index contributed by atoms with van der Waals surface area (Å²) in [6.45, 7) is 0.532. The Morgan fingerprint density at radius 3 is 2.60 bits per heavy atom. The maximum Gasteiger partial charge on any atom is 0.174 e. The summed E-state index contributed by atoms with van der Waals surface area (Å²) in [5.41, 5.74) is 2.62. The van der Waals surface area contributed by atoms with E-state index in [0.717, 1.165) is 16.7 Å². The number of hydrogen-bond acceptors (Lipinski definition) is 6. The first-order valence-electron chi connectivity index (χ1n) is 8.20. The molecule has 2 aromatic rings. The maximum atomic E-state index is 10.4. The van der Waals surface area contributed by atoms with Crippen LogP contribution >= 0.6 is 0 Å². The molecule has 0 saturated carbocycles. The molecule has 2 aliphatic heterocycles. The second-order valence-corrected chi connectivity index (χ2v) is 6.51. The van der Waals surface area contributed by atoms with Crippen LogP contribution in [0.1, 0.15) is 28.8 Å². The van der Waals surface area contributed by atoms with E-state index in [1.54, 1.807) is 32.4 Å². The molecule has 0 amide bonds. The number of aliphatic hydroxyl groups excluding tert-OH is 1. The molecule has 0 fully saturated rings. The largest absolute Gasteiger partial charge is 0.504 e. The molecule has 0 spiro atoms. The van der Waals surface area contributed by atoms with Gasteiger partial charge in [-0.05, 0) is 31.2 Å². The molecule has 6 heteroatoms. The van der Waals surface area contributed by atoms with Crippen LogP contribution in [0.25, 0.3) is 0 Å². The monoisotopic (exact) mass is 343 g/mol. The minimum Gasteiger partial charge on any atom is -0.504 e. The van der Waals surface area contributed by atoms with E-state index in [1.165, 1.54) is 0 Å². The molecule has 132 valence electrons. The lowest BCUT2D eigenvalue weighted by Crippen LogP contribution is -2.35. The van der Waals surface area contributed by atoms with Gasteiger partial charge in [-0.2, -0.15) is 0 Å². The van der Waals surface area contributed by atoms with Gasteiger partial charge in [0.25, 0.3) is 0 Å². The van der Waals surface area contributed by atoms with Gasteiger partial charge in [0, 0.05) is 29.8 Å². The first-order chi connectivity index (χ1) is 12.0. The minimum absolute atomic E-state index is 0.000138. The summed E-state index contributed by atoms with van der Waals surface area (Å²) < 4.78 is 16.9. The Labute approximate surface area is 146 Å². The van der Waals surface area contributed by atoms with E-state index >= 15 is 0 Å². The number of β-amino-alcohol motifs (C(OH)–C–C–N with tert-alkyl or cyclic N) is 1. The molecule has 25 heavy (non-hydrogen) atoms. The van der Waals surface area contributed by atoms with Crippen molar-refractivity contribution in [3.05, 3.63) is 41.0 Å². The van der Waals surface area contributed by atoms with Gasteiger partial charge in [-0.25, -0.2) is 0 Å². The van der Waals surface area contributed by atoms with Crippen molar-refractivity contribution >= 4 is 0 Å². The Kier molecular flexibility index (Phi) is 3.74. The summed E-state index contributed by atoms with van der Waals surface area (Å²) >= 11 is 0. The van der Waals surface area contributed by atoms with Gasteiger partial charge in [0.15, 0.2) is 23.0 Å². The summed E-state index contributed by atoms with van der Waals surface area (Å²) in [5, 5.41) is 20.8. The molecule has 0 saturated heterocycles. The van der Waals surface area contributed by atoms with E-state index < -0.39 is 6.10 Å². The highest BCUT2D eigenvalue weighted by Crippen LogP contribution is 2.51. The second-order valence-electron chi connectivity index (χ2n) is 6.51. The Morgan fingerprint density at radius 1 is 1.16 bits per heavy atom. The average Bonchev–Trinajstić information content (AvgIpc) is 2.77. The third-order valence-corrected chi connectivity index (χ3v) is 5.09. The number of methoxy groups -OCH3 is 2. The fourth-order valence-electron chi connectivity index (χ4n) is 3.80. The van der Waals surface area contributed by atoms with Gasteiger partial charge in [-0.3, -0.25) is 4.90 Å². The van der Waals surface area contributed by atoms with Crippen LogP contribution < -0.4 is 14.2 Å². The zero-order chi connectivity index (χ0) is 17.7. The molecule has 2 N–H and O–H groups in total. The molecule has 2 atom stereocenters. The van der Waals surface area contributed by atoms with Gasteiger partial charge in [0.2, 0.25) is 0 Å². The molecule has 2 heterocycles. The summed E-state index contributed by atoms with van der Waals surface area (Å²) in [5.74, 6) is 2.30. The molecule has 2 unspecified atom stereocenters. The predicted octanol–water partition coefficient (Wildman–Crippen LogP) is 2.78. The number of benzene rings is 2. The van der Waals surface area contributed by atoms with Gasteiger partial charge in [-0.1, -0.05) is 6.07 Å². The number of likely N-dealkylation sites (N-methyl/N-ethyl adjacent to an activating group) is 1. The number of rotatable bonds is 2. The molecule has 4 rings (SSSR count). The van der Waals surface area contributed by atoms with Crippen molar-refractivity contribution in [1.29, 1.82) is 0 Å². The van der Waals surface area contributed by atoms with E-state index in [1.807, 2.05) is 13.1 Å². The van der Waals surface area contributed by atoms with Gasteiger partial charge in [-0.15, -0.1) is 0 Å². The zero-order valence-electron chi connectivity index (χ0n) is 14.4. The zero-order valence-corrected chi connectivity index (χ0v) is 14.4. The van der Waals surface area contributed by atoms with Crippen LogP contribution in [0.2, 0.25) is 0 Å². The van der Waals surface area contributed by atoms with Crippen LogP contribution in [0.4, 0.5) is 0 Å². The third kappa shape index (κ3) is 2.41. The van der Waals surface area contributed by atoms with Crippen LogP contribution in [-0.2, 0) is 6.42 Å². The van der Waals surface area contributed by atoms with E-state index in [-0.39, 0.29) is 11.8 Å². The van der Waals surface area contributed by atoms with Crippen molar-refractivity contribution in [3.8, 4) is 28.7 Å². The van der Waals surface area contributed by atoms with Gasteiger partial charge in [0.05, 0.1) is 20.3 Å². The first kappa shape index (κ1) is 16.1. The molecule has 0 aliphatic carbocycles. The molecule has 0 bridgehead atoms. The molecule has 2 aliphatic rings. The SMILES string of the molecule is COc1cc2c(cc1OC)Oc1c(O)ccc3c1C(C2)N(C)CC3O. The normalized spacial score (nSPS) is 21.6. The predicted molar refractivity (Wildman–Crippen MR) is 91.8 cm³/mol. The van der Waals surface area contributed by atoms with Crippen molar-refractivity contribution in [3.63, 3.8) is 0 Å². The van der Waals surface area contributed by atoms with Gasteiger partial charge < -0.3 is 24.4 Å². The van der Waals surface area contributed by atoms with Crippen LogP contribution in [0.5, 0.6) is 28.7 Å². The van der Waals surface area contributed by atoms with Crippen LogP contribution in [0.15, 0.2) is 24.3 Å². The first-order valence-corrected chi connectivity index (χ1v) is 8.20. The summed E-state index contributed by atoms with van der Waals surface area (Å²) in [7, 11) is 5.14. The fraction of sp³-hybridized carbons (Fsp3) is 0.368. The quantitative estimate of drug-likeness (QED) is 0.874. The molecule has 6 nitrogen and oxygen atoms in total. The Balaban J connectivity index is 1.93. The van der Waals surface area contributed by atoms with Crippen LogP contribution in [0.3, 0.4) is 0 Å². The highest BCUT2D eigenvalue weighted by Gasteiger charge is 2.37. The number of aliphatic hydroxyl groups is 1. The van der Waals surface area contributed by atoms with E-state index in [0.29, 0.717) is 36.0 Å². The lowest BCUT2D eigenvalue weighted by Gasteiger charge is -2.37.